The Kier molecular flexibility index (Phi) is 4.39. The molecule has 0 radical (unpaired) electrons. The van der Waals surface area contributed by atoms with Crippen molar-refractivity contribution in [1.29, 1.82) is 0 Å². The summed E-state index contributed by atoms with van der Waals surface area (Å²) in [6, 6.07) is 3.34. The van der Waals surface area contributed by atoms with Gasteiger partial charge in [-0.05, 0) is 31.4 Å². The van der Waals surface area contributed by atoms with Crippen LogP contribution in [-0.2, 0) is 0 Å². The predicted octanol–water partition coefficient (Wildman–Crippen LogP) is 1.62. The normalized spacial score (nSPS) is 22.0. The van der Waals surface area contributed by atoms with Gasteiger partial charge in [0.1, 0.15) is 17.3 Å². The maximum atomic E-state index is 13.8. The maximum Gasteiger partial charge on any atom is 0.315 e. The van der Waals surface area contributed by atoms with Gasteiger partial charge in [0.05, 0.1) is 6.61 Å². The smallest absolute Gasteiger partial charge is 0.315 e. The number of benzene rings is 1. The highest BCUT2D eigenvalue weighted by Crippen LogP contribution is 2.44. The molecule has 2 aliphatic rings. The van der Waals surface area contributed by atoms with Crippen molar-refractivity contribution < 1.29 is 18.7 Å². The molecule has 0 aromatic heterocycles. The Morgan fingerprint density at radius 1 is 1.35 bits per heavy atom. The molecule has 126 valence electrons. The van der Waals surface area contributed by atoms with Crippen LogP contribution in [0.25, 0.3) is 0 Å². The minimum absolute atomic E-state index is 0.0329. The monoisotopic (exact) mass is 325 g/mol. The van der Waals surface area contributed by atoms with Gasteiger partial charge in [0.2, 0.25) is 0 Å². The second-order valence-corrected chi connectivity index (χ2v) is 6.49. The SMILES string of the molecule is O=C(NCC1(CO)CC1)NC1CCN(c2c(F)cccc2F)C1. The number of halogens is 2. The zero-order chi connectivity index (χ0) is 16.4. The van der Waals surface area contributed by atoms with Gasteiger partial charge in [-0.2, -0.15) is 0 Å². The molecule has 2 amide bonds. The Balaban J connectivity index is 1.51. The molecule has 1 aliphatic heterocycles. The first-order chi connectivity index (χ1) is 11.0. The van der Waals surface area contributed by atoms with E-state index in [0.29, 0.717) is 26.1 Å². The third kappa shape index (κ3) is 3.55. The minimum atomic E-state index is -0.589. The molecular weight excluding hydrogens is 304 g/mol. The molecule has 1 saturated heterocycles. The summed E-state index contributed by atoms with van der Waals surface area (Å²) in [5, 5.41) is 14.8. The molecule has 23 heavy (non-hydrogen) atoms. The number of rotatable bonds is 5. The van der Waals surface area contributed by atoms with Crippen molar-refractivity contribution in [2.75, 3.05) is 31.1 Å². The van der Waals surface area contributed by atoms with Crippen molar-refractivity contribution in [2.45, 2.75) is 25.3 Å². The topological polar surface area (TPSA) is 64.6 Å². The predicted molar refractivity (Wildman–Crippen MR) is 82.3 cm³/mol. The van der Waals surface area contributed by atoms with Crippen molar-refractivity contribution in [1.82, 2.24) is 10.6 Å². The van der Waals surface area contributed by atoms with Gasteiger partial charge in [-0.25, -0.2) is 13.6 Å². The molecule has 1 aromatic carbocycles. The largest absolute Gasteiger partial charge is 0.396 e. The quantitative estimate of drug-likeness (QED) is 0.771. The summed E-state index contributed by atoms with van der Waals surface area (Å²) in [5.74, 6) is -1.18. The Hall–Kier alpha value is -1.89. The third-order valence-corrected chi connectivity index (χ3v) is 4.69. The van der Waals surface area contributed by atoms with Gasteiger partial charge in [-0.15, -0.1) is 0 Å². The number of aliphatic hydroxyl groups excluding tert-OH is 1. The van der Waals surface area contributed by atoms with Crippen LogP contribution in [0.15, 0.2) is 18.2 Å². The molecule has 2 fully saturated rings. The van der Waals surface area contributed by atoms with Crippen LogP contribution in [0.3, 0.4) is 0 Å². The Bertz CT molecular complexity index is 572. The van der Waals surface area contributed by atoms with Gasteiger partial charge in [-0.1, -0.05) is 6.07 Å². The molecule has 0 spiro atoms. The van der Waals surface area contributed by atoms with Crippen LogP contribution >= 0.6 is 0 Å². The molecule has 1 unspecified atom stereocenters. The number of amides is 2. The highest BCUT2D eigenvalue weighted by Gasteiger charge is 2.42. The van der Waals surface area contributed by atoms with Crippen molar-refractivity contribution in [3.63, 3.8) is 0 Å². The first-order valence-corrected chi connectivity index (χ1v) is 7.87. The van der Waals surface area contributed by atoms with Gasteiger partial charge in [0.25, 0.3) is 0 Å². The van der Waals surface area contributed by atoms with Crippen LogP contribution < -0.4 is 15.5 Å². The number of urea groups is 1. The zero-order valence-corrected chi connectivity index (χ0v) is 12.8. The first kappa shape index (κ1) is 16.0. The van der Waals surface area contributed by atoms with E-state index < -0.39 is 11.6 Å². The van der Waals surface area contributed by atoms with Gasteiger partial charge in [0, 0.05) is 31.1 Å². The number of nitrogens with zero attached hydrogens (tertiary/aromatic N) is 1. The van der Waals surface area contributed by atoms with Crippen molar-refractivity contribution in [3.05, 3.63) is 29.8 Å². The van der Waals surface area contributed by atoms with Crippen LogP contribution in [0, 0.1) is 17.0 Å². The van der Waals surface area contributed by atoms with Gasteiger partial charge >= 0.3 is 6.03 Å². The van der Waals surface area contributed by atoms with Crippen LogP contribution in [-0.4, -0.2) is 43.4 Å². The molecule has 7 heteroatoms. The second-order valence-electron chi connectivity index (χ2n) is 6.49. The number of carbonyl (C=O) groups excluding carboxylic acids is 1. The summed E-state index contributed by atoms with van der Waals surface area (Å²) in [6.07, 6.45) is 2.48. The first-order valence-electron chi connectivity index (χ1n) is 7.87. The maximum absolute atomic E-state index is 13.8. The molecule has 0 bridgehead atoms. The fourth-order valence-corrected chi connectivity index (χ4v) is 2.94. The molecular formula is C16H21F2N3O2. The summed E-state index contributed by atoms with van der Waals surface area (Å²) in [6.45, 7) is 1.39. The van der Waals surface area contributed by atoms with Crippen molar-refractivity contribution in [3.8, 4) is 0 Å². The van der Waals surface area contributed by atoms with Gasteiger partial charge in [0.15, 0.2) is 0 Å². The van der Waals surface area contributed by atoms with Crippen LogP contribution in [0.1, 0.15) is 19.3 Å². The number of hydrogen-bond donors (Lipinski definition) is 3. The molecule has 1 heterocycles. The Morgan fingerprint density at radius 2 is 2.04 bits per heavy atom. The number of nitrogens with one attached hydrogen (secondary N) is 2. The lowest BCUT2D eigenvalue weighted by atomic mass is 10.1. The molecule has 1 atom stereocenters. The van der Waals surface area contributed by atoms with E-state index in [4.69, 9.17) is 0 Å². The molecule has 1 aromatic rings. The highest BCUT2D eigenvalue weighted by molar-refractivity contribution is 5.74. The lowest BCUT2D eigenvalue weighted by Gasteiger charge is -2.20. The standard InChI is InChI=1S/C16H21F2N3O2/c17-12-2-1-3-13(18)14(12)21-7-4-11(8-21)20-15(23)19-9-16(10-22)5-6-16/h1-3,11,22H,4-10H2,(H2,19,20,23). The van der Waals surface area contributed by atoms with E-state index >= 15 is 0 Å². The van der Waals surface area contributed by atoms with E-state index in [0.717, 1.165) is 12.8 Å². The lowest BCUT2D eigenvalue weighted by Crippen LogP contribution is -2.45. The summed E-state index contributed by atoms with van der Waals surface area (Å²) >= 11 is 0. The summed E-state index contributed by atoms with van der Waals surface area (Å²) in [7, 11) is 0. The van der Waals surface area contributed by atoms with Crippen LogP contribution in [0.4, 0.5) is 19.3 Å². The third-order valence-electron chi connectivity index (χ3n) is 4.69. The van der Waals surface area contributed by atoms with E-state index in [-0.39, 0.29) is 29.8 Å². The number of aliphatic hydroxyl groups is 1. The molecule has 3 rings (SSSR count). The van der Waals surface area contributed by atoms with Gasteiger partial charge in [-0.3, -0.25) is 0 Å². The van der Waals surface area contributed by atoms with Crippen LogP contribution in [0.5, 0.6) is 0 Å². The van der Waals surface area contributed by atoms with Crippen molar-refractivity contribution >= 4 is 11.7 Å². The van der Waals surface area contributed by atoms with E-state index in [1.807, 2.05) is 0 Å². The fraction of sp³-hybridized carbons (Fsp3) is 0.562. The highest BCUT2D eigenvalue weighted by atomic mass is 19.1. The number of hydrogen-bond acceptors (Lipinski definition) is 3. The Labute approximate surface area is 133 Å². The second kappa shape index (κ2) is 6.31. The lowest BCUT2D eigenvalue weighted by molar-refractivity contribution is 0.202. The number of carbonyl (C=O) groups is 1. The molecule has 1 saturated carbocycles. The summed E-state index contributed by atoms with van der Waals surface area (Å²) < 4.78 is 27.6. The number of anilines is 1. The van der Waals surface area contributed by atoms with Crippen molar-refractivity contribution in [2.24, 2.45) is 5.41 Å². The summed E-state index contributed by atoms with van der Waals surface area (Å²) in [5.41, 5.74) is -0.176. The van der Waals surface area contributed by atoms with E-state index in [2.05, 4.69) is 10.6 Å². The average Bonchev–Trinajstić information content (AvgIpc) is 3.18. The fourth-order valence-electron chi connectivity index (χ4n) is 2.94. The zero-order valence-electron chi connectivity index (χ0n) is 12.8. The van der Waals surface area contributed by atoms with Crippen LogP contribution in [0.2, 0.25) is 0 Å². The summed E-state index contributed by atoms with van der Waals surface area (Å²) in [4.78, 5) is 13.5. The molecule has 1 aliphatic carbocycles. The number of para-hydroxylation sites is 1. The molecule has 5 nitrogen and oxygen atoms in total. The average molecular weight is 325 g/mol. The Morgan fingerprint density at radius 3 is 2.65 bits per heavy atom. The van der Waals surface area contributed by atoms with E-state index in [1.54, 1.807) is 4.90 Å². The molecule has 3 N–H and O–H groups in total. The minimum Gasteiger partial charge on any atom is -0.396 e. The van der Waals surface area contributed by atoms with E-state index in [9.17, 15) is 18.7 Å². The van der Waals surface area contributed by atoms with Gasteiger partial charge < -0.3 is 20.6 Å². The van der Waals surface area contributed by atoms with E-state index in [1.165, 1.54) is 18.2 Å².